The zero-order valence-corrected chi connectivity index (χ0v) is 6.66. The molecule has 13 heavy (non-hydrogen) atoms. The molecule has 0 aromatic carbocycles. The molecule has 0 saturated heterocycles. The van der Waals surface area contributed by atoms with E-state index in [9.17, 15) is 9.18 Å². The first-order chi connectivity index (χ1) is 6.16. The zero-order chi connectivity index (χ0) is 9.42. The van der Waals surface area contributed by atoms with Crippen molar-refractivity contribution in [1.82, 2.24) is 5.06 Å². The van der Waals surface area contributed by atoms with Gasteiger partial charge in [0.05, 0.1) is 6.20 Å². The molecule has 5 heteroatoms. The Balaban J connectivity index is 2.25. The number of primary amides is 1. The fraction of sp³-hybridized carbons (Fsp3) is 0.125. The van der Waals surface area contributed by atoms with E-state index in [2.05, 4.69) is 0 Å². The molecule has 68 valence electrons. The molecule has 0 aromatic heterocycles. The van der Waals surface area contributed by atoms with Crippen molar-refractivity contribution in [1.29, 1.82) is 0 Å². The molecule has 0 radical (unpaired) electrons. The first kappa shape index (κ1) is 7.85. The number of fused-ring (bicyclic) bond motifs is 1. The third-order valence-corrected chi connectivity index (χ3v) is 1.78. The van der Waals surface area contributed by atoms with E-state index in [1.165, 1.54) is 18.4 Å². The summed E-state index contributed by atoms with van der Waals surface area (Å²) in [5, 5.41) is 0.883. The summed E-state index contributed by atoms with van der Waals surface area (Å²) in [5.41, 5.74) is 5.59. The Bertz CT molecular complexity index is 357. The predicted octanol–water partition coefficient (Wildman–Crippen LogP) is 1.34. The van der Waals surface area contributed by atoms with Crippen LogP contribution < -0.4 is 5.73 Å². The summed E-state index contributed by atoms with van der Waals surface area (Å²) in [6.07, 6.45) is 4.31. The highest BCUT2D eigenvalue weighted by atomic mass is 19.1. The van der Waals surface area contributed by atoms with E-state index >= 15 is 0 Å². The molecule has 1 aliphatic heterocycles. The van der Waals surface area contributed by atoms with Crippen LogP contribution in [0.5, 0.6) is 0 Å². The Labute approximate surface area is 73.7 Å². The molecule has 1 aliphatic carbocycles. The van der Waals surface area contributed by atoms with Crippen LogP contribution >= 0.6 is 0 Å². The Kier molecular flexibility index (Phi) is 1.58. The van der Waals surface area contributed by atoms with Crippen LogP contribution in [0.15, 0.2) is 35.5 Å². The van der Waals surface area contributed by atoms with E-state index in [1.54, 1.807) is 0 Å². The monoisotopic (exact) mass is 182 g/mol. The standard InChI is InChI=1S/C8H7FN2O2/c9-6-1-2-7-5(3-6)4-11(13-7)8(10)12/h1-2,4H,3H2,(H2,10,12). The second kappa shape index (κ2) is 2.62. The number of carbonyl (C=O) groups excluding carboxylic acids is 1. The topological polar surface area (TPSA) is 55.6 Å². The van der Waals surface area contributed by atoms with Crippen LogP contribution in [0.2, 0.25) is 0 Å². The summed E-state index contributed by atoms with van der Waals surface area (Å²) in [5.74, 6) is 0.213. The highest BCUT2D eigenvalue weighted by Crippen LogP contribution is 2.31. The minimum Gasteiger partial charge on any atom is -0.371 e. The van der Waals surface area contributed by atoms with Gasteiger partial charge in [-0.25, -0.2) is 9.18 Å². The van der Waals surface area contributed by atoms with Crippen molar-refractivity contribution in [2.24, 2.45) is 5.73 Å². The molecule has 0 unspecified atom stereocenters. The predicted molar refractivity (Wildman–Crippen MR) is 42.5 cm³/mol. The summed E-state index contributed by atoms with van der Waals surface area (Å²) < 4.78 is 12.7. The van der Waals surface area contributed by atoms with Crippen LogP contribution in [0, 0.1) is 0 Å². The molecular weight excluding hydrogens is 175 g/mol. The molecule has 2 aliphatic rings. The van der Waals surface area contributed by atoms with Gasteiger partial charge >= 0.3 is 6.03 Å². The first-order valence-corrected chi connectivity index (χ1v) is 3.71. The fourth-order valence-electron chi connectivity index (χ4n) is 1.18. The Morgan fingerprint density at radius 2 is 2.38 bits per heavy atom. The zero-order valence-electron chi connectivity index (χ0n) is 6.66. The van der Waals surface area contributed by atoms with Gasteiger partial charge in [-0.05, 0) is 12.2 Å². The number of halogens is 1. The molecule has 0 aromatic rings. The maximum absolute atomic E-state index is 12.7. The van der Waals surface area contributed by atoms with E-state index in [0.29, 0.717) is 11.3 Å². The first-order valence-electron chi connectivity index (χ1n) is 3.71. The fourth-order valence-corrected chi connectivity index (χ4v) is 1.18. The minimum absolute atomic E-state index is 0.148. The van der Waals surface area contributed by atoms with E-state index < -0.39 is 6.03 Å². The molecular formula is C8H7FN2O2. The Morgan fingerprint density at radius 1 is 1.62 bits per heavy atom. The minimum atomic E-state index is -0.719. The molecule has 0 spiro atoms. The van der Waals surface area contributed by atoms with Crippen LogP contribution in [-0.2, 0) is 4.84 Å². The van der Waals surface area contributed by atoms with E-state index in [1.807, 2.05) is 0 Å². The van der Waals surface area contributed by atoms with Crippen molar-refractivity contribution in [3.8, 4) is 0 Å². The summed E-state index contributed by atoms with van der Waals surface area (Å²) in [7, 11) is 0. The molecule has 1 heterocycles. The third-order valence-electron chi connectivity index (χ3n) is 1.78. The summed E-state index contributed by atoms with van der Waals surface area (Å²) in [6.45, 7) is 0. The lowest BCUT2D eigenvalue weighted by Gasteiger charge is -2.10. The smallest absolute Gasteiger partial charge is 0.352 e. The molecule has 0 fully saturated rings. The highest BCUT2D eigenvalue weighted by molar-refractivity contribution is 5.73. The third kappa shape index (κ3) is 1.28. The number of rotatable bonds is 0. The number of urea groups is 1. The van der Waals surface area contributed by atoms with E-state index in [4.69, 9.17) is 10.6 Å². The summed E-state index contributed by atoms with van der Waals surface area (Å²) in [6, 6.07) is -0.719. The highest BCUT2D eigenvalue weighted by Gasteiger charge is 2.25. The number of amides is 2. The quantitative estimate of drug-likeness (QED) is 0.614. The van der Waals surface area contributed by atoms with E-state index in [0.717, 1.165) is 5.06 Å². The summed E-state index contributed by atoms with van der Waals surface area (Å²) >= 11 is 0. The van der Waals surface area contributed by atoms with Gasteiger partial charge in [-0.3, -0.25) is 0 Å². The van der Waals surface area contributed by atoms with Crippen molar-refractivity contribution >= 4 is 6.03 Å². The molecule has 2 amide bonds. The van der Waals surface area contributed by atoms with Gasteiger partial charge < -0.3 is 10.6 Å². The molecule has 0 bridgehead atoms. The van der Waals surface area contributed by atoms with Gasteiger partial charge in [-0.2, -0.15) is 0 Å². The number of hydrogen-bond donors (Lipinski definition) is 1. The van der Waals surface area contributed by atoms with Gasteiger partial charge in [0.1, 0.15) is 5.83 Å². The van der Waals surface area contributed by atoms with Crippen LogP contribution in [0.25, 0.3) is 0 Å². The SMILES string of the molecule is NC(=O)N1C=C2CC(F)=CC=C2O1. The second-order valence-corrected chi connectivity index (χ2v) is 2.73. The maximum Gasteiger partial charge on any atom is 0.352 e. The van der Waals surface area contributed by atoms with Crippen LogP contribution in [0.3, 0.4) is 0 Å². The van der Waals surface area contributed by atoms with Gasteiger partial charge in [0.25, 0.3) is 0 Å². The van der Waals surface area contributed by atoms with E-state index in [-0.39, 0.29) is 12.2 Å². The number of hydrogen-bond acceptors (Lipinski definition) is 2. The number of allylic oxidation sites excluding steroid dienone is 4. The maximum atomic E-state index is 12.7. The molecule has 2 N–H and O–H groups in total. The van der Waals surface area contributed by atoms with Crippen LogP contribution in [0.4, 0.5) is 9.18 Å². The summed E-state index contributed by atoms with van der Waals surface area (Å²) in [4.78, 5) is 15.7. The lowest BCUT2D eigenvalue weighted by molar-refractivity contribution is -0.00969. The number of hydroxylamine groups is 2. The largest absolute Gasteiger partial charge is 0.371 e. The lowest BCUT2D eigenvalue weighted by atomic mass is 10.1. The average molecular weight is 182 g/mol. The Hall–Kier alpha value is -1.78. The van der Waals surface area contributed by atoms with Crippen LogP contribution in [-0.4, -0.2) is 11.1 Å². The second-order valence-electron chi connectivity index (χ2n) is 2.73. The number of carbonyl (C=O) groups is 1. The molecule has 0 atom stereocenters. The lowest BCUT2D eigenvalue weighted by Crippen LogP contribution is -2.28. The Morgan fingerprint density at radius 3 is 3.08 bits per heavy atom. The van der Waals surface area contributed by atoms with Crippen molar-refractivity contribution < 1.29 is 14.0 Å². The van der Waals surface area contributed by atoms with Crippen LogP contribution in [0.1, 0.15) is 6.42 Å². The van der Waals surface area contributed by atoms with Crippen molar-refractivity contribution in [2.45, 2.75) is 6.42 Å². The van der Waals surface area contributed by atoms with Gasteiger partial charge in [0.2, 0.25) is 0 Å². The number of nitrogens with zero attached hydrogens (tertiary/aromatic N) is 1. The molecule has 0 saturated carbocycles. The molecule has 2 rings (SSSR count). The molecule has 4 nitrogen and oxygen atoms in total. The van der Waals surface area contributed by atoms with Gasteiger partial charge in [-0.1, -0.05) is 0 Å². The van der Waals surface area contributed by atoms with Gasteiger partial charge in [0, 0.05) is 12.0 Å². The normalized spacial score (nSPS) is 19.8. The van der Waals surface area contributed by atoms with Crippen molar-refractivity contribution in [2.75, 3.05) is 0 Å². The average Bonchev–Trinajstić information content (AvgIpc) is 2.46. The van der Waals surface area contributed by atoms with Gasteiger partial charge in [0.15, 0.2) is 5.76 Å². The van der Waals surface area contributed by atoms with Gasteiger partial charge in [-0.15, -0.1) is 5.06 Å². The number of nitrogens with two attached hydrogens (primary N) is 1. The van der Waals surface area contributed by atoms with Crippen molar-refractivity contribution in [3.63, 3.8) is 0 Å². The van der Waals surface area contributed by atoms with Crippen molar-refractivity contribution in [3.05, 3.63) is 35.5 Å².